The van der Waals surface area contributed by atoms with E-state index in [0.29, 0.717) is 11.2 Å². The summed E-state index contributed by atoms with van der Waals surface area (Å²) in [7, 11) is -0.789. The van der Waals surface area contributed by atoms with E-state index in [-0.39, 0.29) is 0 Å². The zero-order valence-electron chi connectivity index (χ0n) is 8.48. The lowest BCUT2D eigenvalue weighted by Gasteiger charge is -2.14. The molecule has 14 heavy (non-hydrogen) atoms. The molecule has 0 bridgehead atoms. The normalized spacial score (nSPS) is 28.9. The smallest absolute Gasteiger partial charge is 0.0563 e. The zero-order valence-corrected chi connectivity index (χ0v) is 9.30. The minimum Gasteiger partial charge on any atom is -0.254 e. The van der Waals surface area contributed by atoms with Crippen LogP contribution in [0.4, 0.5) is 0 Å². The lowest BCUT2D eigenvalue weighted by Crippen LogP contribution is -2.17. The summed E-state index contributed by atoms with van der Waals surface area (Å²) in [6.07, 6.45) is 3.61. The summed E-state index contributed by atoms with van der Waals surface area (Å²) >= 11 is 0. The second-order valence-corrected chi connectivity index (χ2v) is 5.73. The van der Waals surface area contributed by atoms with Crippen LogP contribution in [0.3, 0.4) is 0 Å². The van der Waals surface area contributed by atoms with Gasteiger partial charge in [0.2, 0.25) is 0 Å². The Morgan fingerprint density at radius 1 is 1.21 bits per heavy atom. The summed E-state index contributed by atoms with van der Waals surface area (Å²) in [6.45, 7) is 2.22. The van der Waals surface area contributed by atoms with Crippen molar-refractivity contribution in [1.82, 2.24) is 0 Å². The summed E-state index contributed by atoms with van der Waals surface area (Å²) in [5.74, 6) is 0.621. The van der Waals surface area contributed by atoms with E-state index < -0.39 is 10.8 Å². The molecule has 2 heteroatoms. The summed E-state index contributed by atoms with van der Waals surface area (Å²) in [4.78, 5) is 0.992. The summed E-state index contributed by atoms with van der Waals surface area (Å²) in [5.41, 5.74) is 0. The van der Waals surface area contributed by atoms with Gasteiger partial charge in [-0.25, -0.2) is 0 Å². The molecule has 0 aliphatic heterocycles. The van der Waals surface area contributed by atoms with E-state index in [1.165, 1.54) is 12.8 Å². The molecular weight excluding hydrogens is 192 g/mol. The Morgan fingerprint density at radius 3 is 2.50 bits per heavy atom. The van der Waals surface area contributed by atoms with Crippen LogP contribution in [0.2, 0.25) is 0 Å². The molecule has 0 N–H and O–H groups in total. The van der Waals surface area contributed by atoms with Crippen molar-refractivity contribution in [2.45, 2.75) is 36.3 Å². The van der Waals surface area contributed by atoms with Gasteiger partial charge in [-0.1, -0.05) is 31.5 Å². The predicted octanol–water partition coefficient (Wildman–Crippen LogP) is 2.98. The molecule has 1 aromatic rings. The highest BCUT2D eigenvalue weighted by Crippen LogP contribution is 2.31. The van der Waals surface area contributed by atoms with Gasteiger partial charge in [0.05, 0.1) is 10.8 Å². The van der Waals surface area contributed by atoms with E-state index in [9.17, 15) is 4.21 Å². The maximum absolute atomic E-state index is 12.2. The lowest BCUT2D eigenvalue weighted by molar-refractivity contribution is 0.598. The average Bonchev–Trinajstić information content (AvgIpc) is 2.65. The molecule has 76 valence electrons. The molecule has 0 spiro atoms. The first-order valence-electron chi connectivity index (χ1n) is 5.24. The van der Waals surface area contributed by atoms with Crippen LogP contribution in [0.1, 0.15) is 26.2 Å². The second kappa shape index (κ2) is 4.26. The molecule has 0 heterocycles. The molecule has 0 aromatic heterocycles. The Morgan fingerprint density at radius 2 is 1.93 bits per heavy atom. The van der Waals surface area contributed by atoms with Crippen LogP contribution in [-0.4, -0.2) is 9.46 Å². The van der Waals surface area contributed by atoms with E-state index in [1.807, 2.05) is 30.3 Å². The monoisotopic (exact) mass is 208 g/mol. The van der Waals surface area contributed by atoms with Crippen LogP contribution >= 0.6 is 0 Å². The van der Waals surface area contributed by atoms with Gasteiger partial charge in [0, 0.05) is 10.1 Å². The fourth-order valence-electron chi connectivity index (χ4n) is 2.16. The number of benzene rings is 1. The van der Waals surface area contributed by atoms with Crippen molar-refractivity contribution in [3.63, 3.8) is 0 Å². The summed E-state index contributed by atoms with van der Waals surface area (Å²) in [5, 5.41) is 0.386. The highest BCUT2D eigenvalue weighted by molar-refractivity contribution is 7.85. The van der Waals surface area contributed by atoms with Crippen molar-refractivity contribution in [1.29, 1.82) is 0 Å². The molecule has 1 saturated carbocycles. The maximum Gasteiger partial charge on any atom is 0.0563 e. The van der Waals surface area contributed by atoms with Crippen molar-refractivity contribution in [2.24, 2.45) is 5.92 Å². The van der Waals surface area contributed by atoms with E-state index in [2.05, 4.69) is 6.92 Å². The van der Waals surface area contributed by atoms with E-state index in [0.717, 1.165) is 11.3 Å². The number of hydrogen-bond donors (Lipinski definition) is 0. The van der Waals surface area contributed by atoms with Crippen LogP contribution in [0, 0.1) is 5.92 Å². The third-order valence-corrected chi connectivity index (χ3v) is 5.02. The third kappa shape index (κ3) is 1.90. The Labute approximate surface area is 88.0 Å². The van der Waals surface area contributed by atoms with Gasteiger partial charge >= 0.3 is 0 Å². The van der Waals surface area contributed by atoms with Gasteiger partial charge in [-0.2, -0.15) is 0 Å². The molecule has 1 fully saturated rings. The van der Waals surface area contributed by atoms with Gasteiger partial charge in [0.15, 0.2) is 0 Å². The molecule has 1 aliphatic rings. The molecule has 2 rings (SSSR count). The van der Waals surface area contributed by atoms with Gasteiger partial charge in [-0.15, -0.1) is 0 Å². The fraction of sp³-hybridized carbons (Fsp3) is 0.500. The average molecular weight is 208 g/mol. The Balaban J connectivity index is 2.16. The van der Waals surface area contributed by atoms with Crippen molar-refractivity contribution >= 4 is 10.8 Å². The largest absolute Gasteiger partial charge is 0.254 e. The molecule has 0 radical (unpaired) electrons. The fourth-order valence-corrected chi connectivity index (χ4v) is 3.87. The van der Waals surface area contributed by atoms with Gasteiger partial charge in [-0.05, 0) is 30.9 Å². The van der Waals surface area contributed by atoms with Crippen molar-refractivity contribution < 1.29 is 4.21 Å². The van der Waals surface area contributed by atoms with E-state index in [1.54, 1.807) is 0 Å². The summed E-state index contributed by atoms with van der Waals surface area (Å²) < 4.78 is 12.2. The maximum atomic E-state index is 12.2. The first kappa shape index (κ1) is 9.91. The number of hydrogen-bond acceptors (Lipinski definition) is 1. The van der Waals surface area contributed by atoms with Crippen LogP contribution < -0.4 is 0 Å². The highest BCUT2D eigenvalue weighted by Gasteiger charge is 2.29. The van der Waals surface area contributed by atoms with Crippen LogP contribution in [-0.2, 0) is 10.8 Å². The molecule has 1 unspecified atom stereocenters. The third-order valence-electron chi connectivity index (χ3n) is 3.03. The number of rotatable bonds is 2. The Bertz CT molecular complexity index is 320. The topological polar surface area (TPSA) is 17.1 Å². The standard InChI is InChI=1S/C12H16OS/c1-10-6-5-9-12(10)14(13)11-7-3-2-4-8-11/h2-4,7-8,10,12H,5-6,9H2,1H3/t10-,12+,14?/m0/s1. The summed E-state index contributed by atoms with van der Waals surface area (Å²) in [6, 6.07) is 9.85. The predicted molar refractivity (Wildman–Crippen MR) is 59.7 cm³/mol. The minimum absolute atomic E-state index is 0.386. The molecule has 1 nitrogen and oxygen atoms in total. The molecule has 1 aliphatic carbocycles. The highest BCUT2D eigenvalue weighted by atomic mass is 32.2. The van der Waals surface area contributed by atoms with Crippen LogP contribution in [0.5, 0.6) is 0 Å². The molecule has 0 amide bonds. The van der Waals surface area contributed by atoms with Crippen molar-refractivity contribution in [3.8, 4) is 0 Å². The Kier molecular flexibility index (Phi) is 3.02. The quantitative estimate of drug-likeness (QED) is 0.730. The first-order valence-corrected chi connectivity index (χ1v) is 6.46. The van der Waals surface area contributed by atoms with Crippen LogP contribution in [0.15, 0.2) is 35.2 Å². The van der Waals surface area contributed by atoms with E-state index >= 15 is 0 Å². The van der Waals surface area contributed by atoms with Crippen molar-refractivity contribution in [2.75, 3.05) is 0 Å². The minimum atomic E-state index is -0.789. The molecule has 3 atom stereocenters. The second-order valence-electron chi connectivity index (χ2n) is 4.06. The Hall–Kier alpha value is -0.630. The van der Waals surface area contributed by atoms with Crippen LogP contribution in [0.25, 0.3) is 0 Å². The molecule has 1 aromatic carbocycles. The lowest BCUT2D eigenvalue weighted by atomic mass is 10.1. The van der Waals surface area contributed by atoms with Gasteiger partial charge < -0.3 is 0 Å². The van der Waals surface area contributed by atoms with Gasteiger partial charge in [0.25, 0.3) is 0 Å². The van der Waals surface area contributed by atoms with Crippen molar-refractivity contribution in [3.05, 3.63) is 30.3 Å². The van der Waals surface area contributed by atoms with Gasteiger partial charge in [0.1, 0.15) is 0 Å². The zero-order chi connectivity index (χ0) is 9.97. The first-order chi connectivity index (χ1) is 6.79. The van der Waals surface area contributed by atoms with E-state index in [4.69, 9.17) is 0 Å². The van der Waals surface area contributed by atoms with Gasteiger partial charge in [-0.3, -0.25) is 4.21 Å². The molecular formula is C12H16OS. The SMILES string of the molecule is C[C@H]1CCC[C@H]1S(=O)c1ccccc1. The molecule has 0 saturated heterocycles.